The van der Waals surface area contributed by atoms with Gasteiger partial charge in [-0.2, -0.15) is 0 Å². The van der Waals surface area contributed by atoms with E-state index in [4.69, 9.17) is 0 Å². The molecule has 2 aromatic carbocycles. The van der Waals surface area contributed by atoms with E-state index >= 15 is 0 Å². The first-order chi connectivity index (χ1) is 12.5. The van der Waals surface area contributed by atoms with E-state index in [1.165, 1.54) is 49.3 Å². The van der Waals surface area contributed by atoms with Crippen molar-refractivity contribution in [1.82, 2.24) is 0 Å². The van der Waals surface area contributed by atoms with Crippen LogP contribution in [0.3, 0.4) is 0 Å². The van der Waals surface area contributed by atoms with Crippen LogP contribution in [-0.2, 0) is 0 Å². The normalized spacial score (nSPS) is 13.5. The molecule has 0 aliphatic heterocycles. The molecular formula is C25H39Sn. The Hall–Kier alpha value is -0.501. The Kier molecular flexibility index (Phi) is 9.00. The van der Waals surface area contributed by atoms with Crippen LogP contribution in [0.1, 0.15) is 82.6 Å². The van der Waals surface area contributed by atoms with Gasteiger partial charge in [0.05, 0.1) is 0 Å². The zero-order valence-corrected chi connectivity index (χ0v) is 20.6. The van der Waals surface area contributed by atoms with Crippen molar-refractivity contribution in [2.24, 2.45) is 5.41 Å². The quantitative estimate of drug-likeness (QED) is 0.314. The molecule has 143 valence electrons. The van der Waals surface area contributed by atoms with Crippen LogP contribution in [0.5, 0.6) is 0 Å². The standard InChI is InChI=1S/C17H21.2C4H9.Sn/c1-17(2,3)13-7-11-15-10-6-9-14-8-4-5-12-16(14)15;2*1-3-4-2;/h4-6,8-12H,7,13H2,1-3H3;2*1,3-4H2,2H3;. The number of unbranched alkanes of at least 4 members (excludes halogenated alkanes) is 2. The average molecular weight is 458 g/mol. The fourth-order valence-electron chi connectivity index (χ4n) is 3.99. The number of fused-ring (bicyclic) bond motifs is 1. The summed E-state index contributed by atoms with van der Waals surface area (Å²) in [6.45, 7) is 12.0. The number of hydrogen-bond acceptors (Lipinski definition) is 0. The fourth-order valence-corrected chi connectivity index (χ4v) is 14.9. The Morgan fingerprint density at radius 3 is 2.08 bits per heavy atom. The summed E-state index contributed by atoms with van der Waals surface area (Å²) in [5.41, 5.74) is 2.13. The SMILES string of the molecule is CCC[CH2][Sn]([CH2]CCC)[CH](CCC(C)(C)C)c1cccc2ccccc12. The summed E-state index contributed by atoms with van der Waals surface area (Å²) in [5.74, 6) is 0. The van der Waals surface area contributed by atoms with Crippen LogP contribution in [0.4, 0.5) is 0 Å². The summed E-state index contributed by atoms with van der Waals surface area (Å²) in [7, 11) is 0. The average Bonchev–Trinajstić information content (AvgIpc) is 2.62. The second-order valence-corrected chi connectivity index (χ2v) is 17.7. The molecule has 0 saturated carbocycles. The topological polar surface area (TPSA) is 0 Å². The van der Waals surface area contributed by atoms with Gasteiger partial charge in [0.15, 0.2) is 0 Å². The van der Waals surface area contributed by atoms with Crippen molar-refractivity contribution in [1.29, 1.82) is 0 Å². The van der Waals surface area contributed by atoms with Gasteiger partial charge in [0.1, 0.15) is 0 Å². The van der Waals surface area contributed by atoms with E-state index in [0.717, 1.165) is 3.93 Å². The zero-order valence-electron chi connectivity index (χ0n) is 17.8. The van der Waals surface area contributed by atoms with Crippen LogP contribution in [0.15, 0.2) is 42.5 Å². The molecule has 2 rings (SSSR count). The van der Waals surface area contributed by atoms with Crippen molar-refractivity contribution in [3.05, 3.63) is 48.0 Å². The predicted molar refractivity (Wildman–Crippen MR) is 121 cm³/mol. The van der Waals surface area contributed by atoms with Crippen LogP contribution in [0, 0.1) is 5.41 Å². The first-order valence-electron chi connectivity index (χ1n) is 10.8. The Labute approximate surface area is 169 Å². The maximum absolute atomic E-state index is 2.47. The van der Waals surface area contributed by atoms with Gasteiger partial charge in [0.2, 0.25) is 0 Å². The molecule has 1 heteroatoms. The third-order valence-corrected chi connectivity index (χ3v) is 15.8. The Morgan fingerprint density at radius 2 is 1.46 bits per heavy atom. The summed E-state index contributed by atoms with van der Waals surface area (Å²) in [5, 5.41) is 2.96. The van der Waals surface area contributed by atoms with Crippen molar-refractivity contribution in [2.45, 2.75) is 86.0 Å². The molecule has 1 radical (unpaired) electrons. The van der Waals surface area contributed by atoms with E-state index in [0.29, 0.717) is 5.41 Å². The van der Waals surface area contributed by atoms with Gasteiger partial charge in [-0.3, -0.25) is 0 Å². The Bertz CT molecular complexity index is 639. The first-order valence-corrected chi connectivity index (χ1v) is 16.5. The molecule has 1 unspecified atom stereocenters. The molecule has 2 aromatic rings. The first kappa shape index (κ1) is 21.8. The molecule has 0 fully saturated rings. The van der Waals surface area contributed by atoms with Gasteiger partial charge in [0.25, 0.3) is 0 Å². The van der Waals surface area contributed by atoms with Gasteiger partial charge in [-0.1, -0.05) is 0 Å². The number of benzene rings is 2. The van der Waals surface area contributed by atoms with Crippen molar-refractivity contribution in [3.63, 3.8) is 0 Å². The Balaban J connectivity index is 2.39. The zero-order chi connectivity index (χ0) is 19.0. The van der Waals surface area contributed by atoms with Crippen molar-refractivity contribution in [2.75, 3.05) is 0 Å². The second kappa shape index (κ2) is 10.7. The molecule has 0 heterocycles. The van der Waals surface area contributed by atoms with Crippen LogP contribution < -0.4 is 0 Å². The maximum atomic E-state index is 2.47. The second-order valence-electron chi connectivity index (χ2n) is 9.09. The number of hydrogen-bond donors (Lipinski definition) is 0. The Morgan fingerprint density at radius 1 is 0.846 bits per heavy atom. The van der Waals surface area contributed by atoms with E-state index in [2.05, 4.69) is 77.1 Å². The van der Waals surface area contributed by atoms with Gasteiger partial charge in [-0.05, 0) is 0 Å². The minimum atomic E-state index is -1.49. The summed E-state index contributed by atoms with van der Waals surface area (Å²) >= 11 is -1.49. The van der Waals surface area contributed by atoms with Crippen LogP contribution in [0.2, 0.25) is 8.87 Å². The van der Waals surface area contributed by atoms with Crippen molar-refractivity contribution >= 4 is 30.5 Å². The van der Waals surface area contributed by atoms with Crippen LogP contribution >= 0.6 is 0 Å². The van der Waals surface area contributed by atoms with Crippen molar-refractivity contribution in [3.8, 4) is 0 Å². The molecule has 1 atom stereocenters. The van der Waals surface area contributed by atoms with Gasteiger partial charge in [-0.15, -0.1) is 0 Å². The van der Waals surface area contributed by atoms with Gasteiger partial charge >= 0.3 is 170 Å². The van der Waals surface area contributed by atoms with Crippen LogP contribution in [0.25, 0.3) is 10.8 Å². The summed E-state index contributed by atoms with van der Waals surface area (Å²) in [4.78, 5) is 0. The molecule has 0 amide bonds. The number of rotatable bonds is 10. The van der Waals surface area contributed by atoms with Gasteiger partial charge in [0, 0.05) is 0 Å². The predicted octanol–water partition coefficient (Wildman–Crippen LogP) is 8.38. The molecule has 0 saturated heterocycles. The van der Waals surface area contributed by atoms with E-state index in [9.17, 15) is 0 Å². The third kappa shape index (κ3) is 6.59. The summed E-state index contributed by atoms with van der Waals surface area (Å²) < 4.78 is 4.05. The molecule has 0 spiro atoms. The van der Waals surface area contributed by atoms with E-state index in [1.54, 1.807) is 14.4 Å². The molecule has 0 nitrogen and oxygen atoms in total. The molecule has 0 bridgehead atoms. The third-order valence-electron chi connectivity index (χ3n) is 5.58. The monoisotopic (exact) mass is 459 g/mol. The van der Waals surface area contributed by atoms with Gasteiger partial charge in [-0.25, -0.2) is 0 Å². The summed E-state index contributed by atoms with van der Waals surface area (Å²) in [6, 6.07) is 16.1. The molecule has 0 aromatic heterocycles. The molecule has 26 heavy (non-hydrogen) atoms. The van der Waals surface area contributed by atoms with E-state index < -0.39 is 19.8 Å². The molecule has 0 N–H and O–H groups in total. The fraction of sp³-hybridized carbons (Fsp3) is 0.600. The van der Waals surface area contributed by atoms with E-state index in [-0.39, 0.29) is 0 Å². The molecule has 0 aliphatic rings. The van der Waals surface area contributed by atoms with Crippen LogP contribution in [-0.4, -0.2) is 19.8 Å². The van der Waals surface area contributed by atoms with E-state index in [1.807, 2.05) is 0 Å². The molecular weight excluding hydrogens is 419 g/mol. The summed E-state index contributed by atoms with van der Waals surface area (Å²) in [6.07, 6.45) is 8.38. The van der Waals surface area contributed by atoms with Gasteiger partial charge < -0.3 is 0 Å². The minimum absolute atomic E-state index is 0.437. The van der Waals surface area contributed by atoms with Crippen molar-refractivity contribution < 1.29 is 0 Å². The molecule has 0 aliphatic carbocycles.